The molecule has 1 amide bonds. The van der Waals surface area contributed by atoms with Crippen molar-refractivity contribution in [1.29, 1.82) is 0 Å². The quantitative estimate of drug-likeness (QED) is 0.628. The first kappa shape index (κ1) is 17.4. The summed E-state index contributed by atoms with van der Waals surface area (Å²) >= 11 is 7.21. The zero-order valence-electron chi connectivity index (χ0n) is 13.6. The monoisotopic (exact) mass is 375 g/mol. The molecular formula is C18H15ClFN3OS. The second-order valence-corrected chi connectivity index (χ2v) is 6.89. The molecule has 0 radical (unpaired) electrons. The van der Waals surface area contributed by atoms with Crippen molar-refractivity contribution in [2.45, 2.75) is 13.8 Å². The van der Waals surface area contributed by atoms with Crippen LogP contribution in [0.2, 0.25) is 5.02 Å². The van der Waals surface area contributed by atoms with Crippen LogP contribution in [-0.4, -0.2) is 10.9 Å². The molecule has 0 fully saturated rings. The molecular weight excluding hydrogens is 361 g/mol. The van der Waals surface area contributed by atoms with Gasteiger partial charge in [0.15, 0.2) is 5.13 Å². The lowest BCUT2D eigenvalue weighted by molar-refractivity contribution is 0.103. The summed E-state index contributed by atoms with van der Waals surface area (Å²) in [6, 6.07) is 11.4. The van der Waals surface area contributed by atoms with Gasteiger partial charge in [0.25, 0.3) is 5.91 Å². The van der Waals surface area contributed by atoms with Crippen LogP contribution >= 0.6 is 22.9 Å². The van der Waals surface area contributed by atoms with Gasteiger partial charge in [-0.3, -0.25) is 4.79 Å². The molecule has 0 bridgehead atoms. The molecule has 7 heteroatoms. The molecule has 0 atom stereocenters. The van der Waals surface area contributed by atoms with Crippen LogP contribution in [0.15, 0.2) is 42.5 Å². The highest BCUT2D eigenvalue weighted by atomic mass is 35.5. The number of nitrogens with zero attached hydrogens (tertiary/aromatic N) is 1. The van der Waals surface area contributed by atoms with Gasteiger partial charge in [-0.25, -0.2) is 9.37 Å². The highest BCUT2D eigenvalue weighted by Crippen LogP contribution is 2.27. The number of carbonyl (C=O) groups is 1. The smallest absolute Gasteiger partial charge is 0.267 e. The number of thiazole rings is 1. The van der Waals surface area contributed by atoms with Crippen molar-refractivity contribution in [3.05, 3.63) is 69.4 Å². The van der Waals surface area contributed by atoms with Crippen molar-refractivity contribution in [2.75, 3.05) is 10.6 Å². The molecule has 3 aromatic rings. The molecule has 0 aliphatic carbocycles. The first-order chi connectivity index (χ1) is 11.9. The van der Waals surface area contributed by atoms with E-state index in [0.29, 0.717) is 32.1 Å². The van der Waals surface area contributed by atoms with E-state index in [1.54, 1.807) is 31.2 Å². The largest absolute Gasteiger partial charge is 0.331 e. The predicted molar refractivity (Wildman–Crippen MR) is 101 cm³/mol. The summed E-state index contributed by atoms with van der Waals surface area (Å²) in [5, 5.41) is 7.02. The molecule has 0 spiro atoms. The van der Waals surface area contributed by atoms with Gasteiger partial charge in [0, 0.05) is 16.4 Å². The molecule has 2 aromatic carbocycles. The highest BCUT2D eigenvalue weighted by Gasteiger charge is 2.16. The summed E-state index contributed by atoms with van der Waals surface area (Å²) < 4.78 is 13.3. The van der Waals surface area contributed by atoms with E-state index in [2.05, 4.69) is 15.6 Å². The van der Waals surface area contributed by atoms with Crippen LogP contribution in [0, 0.1) is 19.7 Å². The van der Waals surface area contributed by atoms with Gasteiger partial charge in [-0.2, -0.15) is 0 Å². The lowest BCUT2D eigenvalue weighted by Gasteiger charge is -2.06. The number of aromatic nitrogens is 1. The molecule has 25 heavy (non-hydrogen) atoms. The molecule has 1 heterocycles. The number of amides is 1. The molecule has 128 valence electrons. The minimum atomic E-state index is -0.339. The molecule has 2 N–H and O–H groups in total. The number of hydrogen-bond acceptors (Lipinski definition) is 4. The fraction of sp³-hybridized carbons (Fsp3) is 0.111. The lowest BCUT2D eigenvalue weighted by atomic mass is 10.2. The number of benzene rings is 2. The average molecular weight is 376 g/mol. The van der Waals surface area contributed by atoms with Crippen LogP contribution in [0.4, 0.5) is 20.9 Å². The van der Waals surface area contributed by atoms with E-state index in [0.717, 1.165) is 5.56 Å². The summed E-state index contributed by atoms with van der Waals surface area (Å²) in [4.78, 5) is 17.3. The maximum atomic E-state index is 13.3. The second kappa shape index (κ2) is 7.21. The Morgan fingerprint density at radius 2 is 1.96 bits per heavy atom. The third kappa shape index (κ3) is 4.15. The first-order valence-electron chi connectivity index (χ1n) is 7.50. The summed E-state index contributed by atoms with van der Waals surface area (Å²) in [7, 11) is 0. The molecule has 0 aliphatic heterocycles. The van der Waals surface area contributed by atoms with Crippen molar-refractivity contribution in [3.8, 4) is 0 Å². The van der Waals surface area contributed by atoms with Crippen molar-refractivity contribution >= 4 is 45.4 Å². The zero-order valence-corrected chi connectivity index (χ0v) is 15.1. The summed E-state index contributed by atoms with van der Waals surface area (Å²) in [6.45, 7) is 3.63. The Morgan fingerprint density at radius 1 is 1.16 bits per heavy atom. The third-order valence-corrected chi connectivity index (χ3v) is 4.99. The van der Waals surface area contributed by atoms with E-state index in [9.17, 15) is 9.18 Å². The van der Waals surface area contributed by atoms with E-state index < -0.39 is 0 Å². The molecule has 0 aliphatic rings. The number of anilines is 3. The van der Waals surface area contributed by atoms with Gasteiger partial charge >= 0.3 is 0 Å². The van der Waals surface area contributed by atoms with Gasteiger partial charge in [0.1, 0.15) is 10.7 Å². The molecule has 1 aromatic heterocycles. The van der Waals surface area contributed by atoms with Gasteiger partial charge in [-0.05, 0) is 55.8 Å². The third-order valence-electron chi connectivity index (χ3n) is 3.49. The minimum Gasteiger partial charge on any atom is -0.331 e. The fourth-order valence-electron chi connectivity index (χ4n) is 2.26. The number of carbonyl (C=O) groups excluding carboxylic acids is 1. The number of rotatable bonds is 4. The Bertz CT molecular complexity index is 942. The Labute approximate surface area is 153 Å². The molecule has 0 saturated carbocycles. The van der Waals surface area contributed by atoms with Gasteiger partial charge in [-0.1, -0.05) is 29.0 Å². The SMILES string of the molecule is Cc1cc(NC(=O)c2sc(Nc3cccc(F)c3)nc2C)ccc1Cl. The molecule has 0 unspecified atom stereocenters. The van der Waals surface area contributed by atoms with Gasteiger partial charge in [-0.15, -0.1) is 0 Å². The summed E-state index contributed by atoms with van der Waals surface area (Å²) in [5.41, 5.74) is 2.73. The Morgan fingerprint density at radius 3 is 2.68 bits per heavy atom. The standard InChI is InChI=1S/C18H15ClFN3OS/c1-10-8-14(6-7-15(10)19)22-17(24)16-11(2)21-18(25-16)23-13-5-3-4-12(20)9-13/h3-9H,1-2H3,(H,21,23)(H,22,24). The normalized spacial score (nSPS) is 10.6. The van der Waals surface area contributed by atoms with Crippen molar-refractivity contribution < 1.29 is 9.18 Å². The van der Waals surface area contributed by atoms with E-state index in [-0.39, 0.29) is 11.7 Å². The Hall–Kier alpha value is -2.44. The van der Waals surface area contributed by atoms with Crippen LogP contribution in [0.25, 0.3) is 0 Å². The lowest BCUT2D eigenvalue weighted by Crippen LogP contribution is -2.11. The van der Waals surface area contributed by atoms with Crippen LogP contribution in [0.3, 0.4) is 0 Å². The van der Waals surface area contributed by atoms with Gasteiger partial charge in [0.05, 0.1) is 5.69 Å². The maximum Gasteiger partial charge on any atom is 0.267 e. The number of nitrogens with one attached hydrogen (secondary N) is 2. The second-order valence-electron chi connectivity index (χ2n) is 5.49. The van der Waals surface area contributed by atoms with Gasteiger partial charge in [0.2, 0.25) is 0 Å². The van der Waals surface area contributed by atoms with Crippen LogP contribution in [0.1, 0.15) is 20.9 Å². The van der Waals surface area contributed by atoms with E-state index in [1.807, 2.05) is 13.0 Å². The summed E-state index contributed by atoms with van der Waals surface area (Å²) in [5.74, 6) is -0.585. The van der Waals surface area contributed by atoms with Crippen molar-refractivity contribution in [2.24, 2.45) is 0 Å². The zero-order chi connectivity index (χ0) is 18.0. The molecule has 4 nitrogen and oxygen atoms in total. The maximum absolute atomic E-state index is 13.3. The Balaban J connectivity index is 1.77. The average Bonchev–Trinajstić information content (AvgIpc) is 2.91. The van der Waals surface area contributed by atoms with Crippen LogP contribution < -0.4 is 10.6 Å². The number of halogens is 2. The predicted octanol–water partition coefficient (Wildman–Crippen LogP) is 5.55. The molecule has 0 saturated heterocycles. The highest BCUT2D eigenvalue weighted by molar-refractivity contribution is 7.17. The van der Waals surface area contributed by atoms with E-state index in [1.165, 1.54) is 23.5 Å². The molecule has 3 rings (SSSR count). The summed E-state index contributed by atoms with van der Waals surface area (Å²) in [6.07, 6.45) is 0. The van der Waals surface area contributed by atoms with E-state index >= 15 is 0 Å². The van der Waals surface area contributed by atoms with Crippen LogP contribution in [0.5, 0.6) is 0 Å². The topological polar surface area (TPSA) is 54.0 Å². The van der Waals surface area contributed by atoms with E-state index in [4.69, 9.17) is 11.6 Å². The fourth-order valence-corrected chi connectivity index (χ4v) is 3.26. The number of hydrogen-bond donors (Lipinski definition) is 2. The van der Waals surface area contributed by atoms with Crippen LogP contribution in [-0.2, 0) is 0 Å². The Kier molecular flexibility index (Phi) is 5.01. The van der Waals surface area contributed by atoms with Gasteiger partial charge < -0.3 is 10.6 Å². The first-order valence-corrected chi connectivity index (χ1v) is 8.69. The van der Waals surface area contributed by atoms with Crippen molar-refractivity contribution in [3.63, 3.8) is 0 Å². The van der Waals surface area contributed by atoms with Crippen molar-refractivity contribution in [1.82, 2.24) is 4.98 Å². The minimum absolute atomic E-state index is 0.246. The number of aryl methyl sites for hydroxylation is 2.